The topological polar surface area (TPSA) is 138 Å². The molecule has 0 bridgehead atoms. The Morgan fingerprint density at radius 1 is 1.00 bits per heavy atom. The van der Waals surface area contributed by atoms with Crippen molar-refractivity contribution in [3.63, 3.8) is 0 Å². The van der Waals surface area contributed by atoms with E-state index in [-0.39, 0.29) is 6.42 Å². The predicted molar refractivity (Wildman–Crippen MR) is 70.6 cm³/mol. The van der Waals surface area contributed by atoms with E-state index in [1.165, 1.54) is 7.11 Å². The molecule has 0 radical (unpaired) electrons. The normalized spacial score (nSPS) is 50.0. The van der Waals surface area contributed by atoms with Gasteiger partial charge in [0.15, 0.2) is 12.6 Å². The molecule has 22 heavy (non-hydrogen) atoms. The van der Waals surface area contributed by atoms with Crippen molar-refractivity contribution < 1.29 is 44.5 Å². The Labute approximate surface area is 128 Å². The Balaban J connectivity index is 2.07. The van der Waals surface area contributed by atoms with Crippen LogP contribution in [-0.4, -0.2) is 94.6 Å². The first-order chi connectivity index (χ1) is 10.4. The van der Waals surface area contributed by atoms with Gasteiger partial charge in [0.25, 0.3) is 0 Å². The molecule has 9 nitrogen and oxygen atoms in total. The fraction of sp³-hybridized carbons (Fsp3) is 1.00. The van der Waals surface area contributed by atoms with E-state index in [4.69, 9.17) is 18.9 Å². The molecule has 2 saturated heterocycles. The van der Waals surface area contributed by atoms with E-state index in [1.807, 2.05) is 0 Å². The number of hydrogen-bond acceptors (Lipinski definition) is 9. The summed E-state index contributed by atoms with van der Waals surface area (Å²) in [5, 5.41) is 49.0. The third-order valence-electron chi connectivity index (χ3n) is 4.03. The van der Waals surface area contributed by atoms with E-state index in [1.54, 1.807) is 6.92 Å². The van der Waals surface area contributed by atoms with E-state index < -0.39 is 61.9 Å². The van der Waals surface area contributed by atoms with Gasteiger partial charge >= 0.3 is 0 Å². The van der Waals surface area contributed by atoms with Crippen LogP contribution in [0.4, 0.5) is 0 Å². The lowest BCUT2D eigenvalue weighted by molar-refractivity contribution is -0.345. The van der Waals surface area contributed by atoms with Crippen molar-refractivity contribution in [2.45, 2.75) is 68.7 Å². The number of methoxy groups -OCH3 is 1. The predicted octanol–water partition coefficient (Wildman–Crippen LogP) is -2.69. The molecule has 0 aromatic carbocycles. The first kappa shape index (κ1) is 18.0. The molecule has 0 unspecified atom stereocenters. The van der Waals surface area contributed by atoms with Crippen LogP contribution in [0.25, 0.3) is 0 Å². The summed E-state index contributed by atoms with van der Waals surface area (Å²) in [4.78, 5) is 0. The maximum Gasteiger partial charge on any atom is 0.186 e. The molecule has 2 aliphatic heterocycles. The highest BCUT2D eigenvalue weighted by molar-refractivity contribution is 4.91. The number of ether oxygens (including phenoxy) is 4. The van der Waals surface area contributed by atoms with Crippen LogP contribution in [0.1, 0.15) is 13.3 Å². The molecule has 0 aromatic rings. The second kappa shape index (κ2) is 7.47. The van der Waals surface area contributed by atoms with Crippen LogP contribution >= 0.6 is 0 Å². The second-order valence-corrected chi connectivity index (χ2v) is 5.62. The highest BCUT2D eigenvalue weighted by Gasteiger charge is 2.48. The van der Waals surface area contributed by atoms with Crippen LogP contribution in [0.3, 0.4) is 0 Å². The van der Waals surface area contributed by atoms with E-state index >= 15 is 0 Å². The lowest BCUT2D eigenvalue weighted by atomic mass is 9.98. The summed E-state index contributed by atoms with van der Waals surface area (Å²) in [6.07, 6.45) is -9.49. The van der Waals surface area contributed by atoms with Crippen molar-refractivity contribution >= 4 is 0 Å². The van der Waals surface area contributed by atoms with Crippen molar-refractivity contribution in [1.82, 2.24) is 0 Å². The molecular weight excluding hydrogens is 300 g/mol. The molecule has 5 N–H and O–H groups in total. The molecule has 0 aromatic heterocycles. The standard InChI is InChI=1S/C13H24O9/c1-5-6(15)3-7(16)12(20-5)22-11-9(17)8(4-14)21-13(19-2)10(11)18/h5-18H,3-4H2,1-2H3/t5-,6+,7-,8-,9-,10+,11+,12+,13+/m1/s1. The zero-order chi connectivity index (χ0) is 16.4. The van der Waals surface area contributed by atoms with Crippen LogP contribution in [0.2, 0.25) is 0 Å². The highest BCUT2D eigenvalue weighted by atomic mass is 16.7. The first-order valence-corrected chi connectivity index (χ1v) is 7.21. The molecule has 2 aliphatic rings. The van der Waals surface area contributed by atoms with Crippen molar-refractivity contribution in [3.8, 4) is 0 Å². The molecular formula is C13H24O9. The van der Waals surface area contributed by atoms with Crippen molar-refractivity contribution in [1.29, 1.82) is 0 Å². The summed E-state index contributed by atoms with van der Waals surface area (Å²) in [5.74, 6) is 0. The average Bonchev–Trinajstić information content (AvgIpc) is 2.49. The zero-order valence-corrected chi connectivity index (χ0v) is 12.5. The largest absolute Gasteiger partial charge is 0.394 e. The van der Waals surface area contributed by atoms with Gasteiger partial charge in [-0.2, -0.15) is 0 Å². The Kier molecular flexibility index (Phi) is 6.11. The van der Waals surface area contributed by atoms with Gasteiger partial charge in [-0.05, 0) is 6.92 Å². The number of aliphatic hydroxyl groups excluding tert-OH is 5. The van der Waals surface area contributed by atoms with Crippen LogP contribution in [-0.2, 0) is 18.9 Å². The summed E-state index contributed by atoms with van der Waals surface area (Å²) in [6, 6.07) is 0. The average molecular weight is 324 g/mol. The third kappa shape index (κ3) is 3.58. The van der Waals surface area contributed by atoms with Crippen LogP contribution in [0.15, 0.2) is 0 Å². The zero-order valence-electron chi connectivity index (χ0n) is 12.5. The van der Waals surface area contributed by atoms with Gasteiger partial charge in [0.05, 0.1) is 18.8 Å². The number of hydrogen-bond donors (Lipinski definition) is 5. The van der Waals surface area contributed by atoms with E-state index in [0.29, 0.717) is 0 Å². The minimum absolute atomic E-state index is 0.0539. The van der Waals surface area contributed by atoms with Crippen LogP contribution in [0.5, 0.6) is 0 Å². The summed E-state index contributed by atoms with van der Waals surface area (Å²) in [5.41, 5.74) is 0. The third-order valence-corrected chi connectivity index (χ3v) is 4.03. The SMILES string of the molecule is CO[C@H]1O[C@H](CO)[C@@H](O)[C@H](O[C@@H]2O[C@H](C)[C@@H](O)C[C@H]2O)[C@@H]1O. The second-order valence-electron chi connectivity index (χ2n) is 5.62. The Bertz CT molecular complexity index is 338. The number of rotatable bonds is 4. The van der Waals surface area contributed by atoms with Crippen molar-refractivity contribution in [2.75, 3.05) is 13.7 Å². The van der Waals surface area contributed by atoms with Gasteiger partial charge in [0, 0.05) is 13.5 Å². The lowest BCUT2D eigenvalue weighted by Gasteiger charge is -2.44. The van der Waals surface area contributed by atoms with Gasteiger partial charge in [-0.25, -0.2) is 0 Å². The van der Waals surface area contributed by atoms with Gasteiger partial charge in [-0.1, -0.05) is 0 Å². The van der Waals surface area contributed by atoms with E-state index in [9.17, 15) is 25.5 Å². The van der Waals surface area contributed by atoms with Gasteiger partial charge in [-0.3, -0.25) is 0 Å². The minimum atomic E-state index is -1.33. The van der Waals surface area contributed by atoms with Gasteiger partial charge < -0.3 is 44.5 Å². The molecule has 2 heterocycles. The van der Waals surface area contributed by atoms with Crippen molar-refractivity contribution in [2.24, 2.45) is 0 Å². The molecule has 130 valence electrons. The lowest BCUT2D eigenvalue weighted by Crippen LogP contribution is -2.62. The van der Waals surface area contributed by atoms with E-state index in [2.05, 4.69) is 0 Å². The van der Waals surface area contributed by atoms with Crippen LogP contribution in [0, 0.1) is 0 Å². The Morgan fingerprint density at radius 3 is 2.27 bits per heavy atom. The monoisotopic (exact) mass is 324 g/mol. The molecule has 9 heteroatoms. The maximum atomic E-state index is 10.1. The van der Waals surface area contributed by atoms with E-state index in [0.717, 1.165) is 0 Å². The molecule has 0 aliphatic carbocycles. The fourth-order valence-corrected chi connectivity index (χ4v) is 2.63. The van der Waals surface area contributed by atoms with Gasteiger partial charge in [-0.15, -0.1) is 0 Å². The Morgan fingerprint density at radius 2 is 1.68 bits per heavy atom. The Hall–Kier alpha value is -0.360. The summed E-state index contributed by atoms with van der Waals surface area (Å²) < 4.78 is 21.0. The van der Waals surface area contributed by atoms with Gasteiger partial charge in [0.2, 0.25) is 0 Å². The smallest absolute Gasteiger partial charge is 0.186 e. The molecule has 0 spiro atoms. The summed E-state index contributed by atoms with van der Waals surface area (Å²) in [7, 11) is 1.31. The van der Waals surface area contributed by atoms with Gasteiger partial charge in [0.1, 0.15) is 30.5 Å². The molecule has 0 amide bonds. The molecule has 2 rings (SSSR count). The quantitative estimate of drug-likeness (QED) is 0.374. The summed E-state index contributed by atoms with van der Waals surface area (Å²) in [6.45, 7) is 1.13. The fourth-order valence-electron chi connectivity index (χ4n) is 2.63. The maximum absolute atomic E-state index is 10.1. The molecule has 9 atom stereocenters. The molecule has 0 saturated carbocycles. The summed E-state index contributed by atoms with van der Waals surface area (Å²) >= 11 is 0. The highest BCUT2D eigenvalue weighted by Crippen LogP contribution is 2.28. The van der Waals surface area contributed by atoms with Crippen LogP contribution < -0.4 is 0 Å². The number of aliphatic hydroxyl groups is 5. The van der Waals surface area contributed by atoms with Crippen molar-refractivity contribution in [3.05, 3.63) is 0 Å². The molecule has 2 fully saturated rings. The first-order valence-electron chi connectivity index (χ1n) is 7.21. The minimum Gasteiger partial charge on any atom is -0.394 e.